The van der Waals surface area contributed by atoms with Gasteiger partial charge in [0.15, 0.2) is 0 Å². The van der Waals surface area contributed by atoms with E-state index in [1.54, 1.807) is 0 Å². The minimum absolute atomic E-state index is 0.432. The van der Waals surface area contributed by atoms with Gasteiger partial charge in [0, 0.05) is 24.9 Å². The van der Waals surface area contributed by atoms with Gasteiger partial charge in [-0.15, -0.1) is 0 Å². The molecule has 0 aromatic heterocycles. The fourth-order valence-electron chi connectivity index (χ4n) is 3.66. The molecule has 110 valence electrons. The highest BCUT2D eigenvalue weighted by atomic mass is 16.5. The summed E-state index contributed by atoms with van der Waals surface area (Å²) < 4.78 is 5.97. The van der Waals surface area contributed by atoms with E-state index < -0.39 is 0 Å². The number of anilines is 1. The van der Waals surface area contributed by atoms with E-state index in [1.807, 2.05) is 6.07 Å². The Balaban J connectivity index is 1.68. The van der Waals surface area contributed by atoms with Gasteiger partial charge in [-0.3, -0.25) is 4.90 Å². The van der Waals surface area contributed by atoms with Gasteiger partial charge in [0.2, 0.25) is 0 Å². The third-order valence-corrected chi connectivity index (χ3v) is 4.62. The molecule has 0 bridgehead atoms. The zero-order valence-corrected chi connectivity index (χ0v) is 12.5. The number of ether oxygens (including phenoxy) is 1. The van der Waals surface area contributed by atoms with Crippen LogP contribution in [0.3, 0.4) is 0 Å². The molecule has 2 unspecified atom stereocenters. The summed E-state index contributed by atoms with van der Waals surface area (Å²) in [5.41, 5.74) is 9.74. The lowest BCUT2D eigenvalue weighted by molar-refractivity contribution is -0.0127. The smallest absolute Gasteiger partial charge is 0.0702 e. The Kier molecular flexibility index (Phi) is 4.27. The van der Waals surface area contributed by atoms with Crippen molar-refractivity contribution in [2.24, 2.45) is 0 Å². The maximum atomic E-state index is 5.97. The number of likely N-dealkylation sites (tertiary alicyclic amines) is 1. The van der Waals surface area contributed by atoms with Crippen molar-refractivity contribution >= 4 is 5.69 Å². The second-order valence-corrected chi connectivity index (χ2v) is 6.14. The van der Waals surface area contributed by atoms with Crippen molar-refractivity contribution in [1.29, 1.82) is 0 Å². The minimum Gasteiger partial charge on any atom is -0.399 e. The predicted molar refractivity (Wildman–Crippen MR) is 82.8 cm³/mol. The lowest BCUT2D eigenvalue weighted by Gasteiger charge is -2.37. The molecule has 0 saturated carbocycles. The summed E-state index contributed by atoms with van der Waals surface area (Å²) in [6.07, 6.45) is 6.43. The largest absolute Gasteiger partial charge is 0.399 e. The van der Waals surface area contributed by atoms with Gasteiger partial charge >= 0.3 is 0 Å². The lowest BCUT2D eigenvalue weighted by atomic mass is 10.0. The number of nitrogen functional groups attached to an aromatic ring is 1. The zero-order valence-electron chi connectivity index (χ0n) is 12.5. The zero-order chi connectivity index (χ0) is 13.9. The standard InChI is InChI=1S/C17H26N2O/c1-2-10-20-15-4-3-9-19(12-15)17-8-5-13-11-14(18)6-7-16(13)17/h6-7,11,15,17H,2-5,8-10,12,18H2,1H3. The van der Waals surface area contributed by atoms with Crippen LogP contribution >= 0.6 is 0 Å². The number of piperidine rings is 1. The first-order valence-electron chi connectivity index (χ1n) is 8.02. The van der Waals surface area contributed by atoms with Gasteiger partial charge in [-0.05, 0) is 61.9 Å². The van der Waals surface area contributed by atoms with Crippen molar-refractivity contribution in [2.45, 2.75) is 51.2 Å². The number of nitrogens with two attached hydrogens (primary N) is 1. The van der Waals surface area contributed by atoms with E-state index in [-0.39, 0.29) is 0 Å². The van der Waals surface area contributed by atoms with E-state index in [0.717, 1.165) is 25.3 Å². The number of aryl methyl sites for hydroxylation is 1. The first-order chi connectivity index (χ1) is 9.78. The third kappa shape index (κ3) is 2.84. The lowest BCUT2D eigenvalue weighted by Crippen LogP contribution is -2.41. The van der Waals surface area contributed by atoms with Crippen molar-refractivity contribution in [3.8, 4) is 0 Å². The molecule has 1 aromatic carbocycles. The summed E-state index contributed by atoms with van der Waals surface area (Å²) >= 11 is 0. The van der Waals surface area contributed by atoms with E-state index in [2.05, 4.69) is 24.0 Å². The van der Waals surface area contributed by atoms with Gasteiger partial charge in [0.25, 0.3) is 0 Å². The third-order valence-electron chi connectivity index (χ3n) is 4.62. The van der Waals surface area contributed by atoms with Gasteiger partial charge < -0.3 is 10.5 Å². The Labute approximate surface area is 122 Å². The maximum absolute atomic E-state index is 5.97. The number of hydrogen-bond donors (Lipinski definition) is 1. The number of hydrogen-bond acceptors (Lipinski definition) is 3. The van der Waals surface area contributed by atoms with Crippen LogP contribution in [0.25, 0.3) is 0 Å². The van der Waals surface area contributed by atoms with Crippen LogP contribution < -0.4 is 5.73 Å². The molecule has 3 rings (SSSR count). The molecule has 2 N–H and O–H groups in total. The van der Waals surface area contributed by atoms with E-state index in [1.165, 1.54) is 43.4 Å². The van der Waals surface area contributed by atoms with Gasteiger partial charge in [0.1, 0.15) is 0 Å². The van der Waals surface area contributed by atoms with Crippen molar-refractivity contribution in [1.82, 2.24) is 4.90 Å². The van der Waals surface area contributed by atoms with Crippen molar-refractivity contribution in [2.75, 3.05) is 25.4 Å². The average Bonchev–Trinajstić information content (AvgIpc) is 2.88. The fourth-order valence-corrected chi connectivity index (χ4v) is 3.66. The average molecular weight is 274 g/mol. The van der Waals surface area contributed by atoms with E-state index in [0.29, 0.717) is 12.1 Å². The molecule has 20 heavy (non-hydrogen) atoms. The molecule has 2 atom stereocenters. The SMILES string of the molecule is CCCOC1CCCN(C2CCc3cc(N)ccc32)C1. The minimum atomic E-state index is 0.432. The summed E-state index contributed by atoms with van der Waals surface area (Å²) in [6, 6.07) is 7.02. The molecule has 1 heterocycles. The Morgan fingerprint density at radius 2 is 2.25 bits per heavy atom. The number of benzene rings is 1. The highest BCUT2D eigenvalue weighted by Crippen LogP contribution is 2.38. The molecule has 0 amide bonds. The van der Waals surface area contributed by atoms with Gasteiger partial charge in [-0.2, -0.15) is 0 Å². The van der Waals surface area contributed by atoms with E-state index >= 15 is 0 Å². The number of nitrogens with zero attached hydrogens (tertiary/aromatic N) is 1. The molecule has 2 aliphatic rings. The second kappa shape index (κ2) is 6.15. The normalized spacial score (nSPS) is 26.6. The summed E-state index contributed by atoms with van der Waals surface area (Å²) in [6.45, 7) is 5.38. The van der Waals surface area contributed by atoms with Crippen molar-refractivity contribution < 1.29 is 4.74 Å². The maximum Gasteiger partial charge on any atom is 0.0702 e. The van der Waals surface area contributed by atoms with Crippen LogP contribution in [-0.2, 0) is 11.2 Å². The van der Waals surface area contributed by atoms with Crippen molar-refractivity contribution in [3.05, 3.63) is 29.3 Å². The molecule has 0 radical (unpaired) electrons. The fraction of sp³-hybridized carbons (Fsp3) is 0.647. The Bertz CT molecular complexity index is 460. The van der Waals surface area contributed by atoms with Gasteiger partial charge in [-0.1, -0.05) is 13.0 Å². The Morgan fingerprint density at radius 1 is 1.35 bits per heavy atom. The summed E-state index contributed by atoms with van der Waals surface area (Å²) in [5.74, 6) is 0. The monoisotopic (exact) mass is 274 g/mol. The molecule has 1 aliphatic carbocycles. The van der Waals surface area contributed by atoms with E-state index in [9.17, 15) is 0 Å². The first-order valence-corrected chi connectivity index (χ1v) is 8.02. The predicted octanol–water partition coefficient (Wildman–Crippen LogP) is 3.15. The molecular weight excluding hydrogens is 248 g/mol. The first kappa shape index (κ1) is 13.9. The van der Waals surface area contributed by atoms with Gasteiger partial charge in [0.05, 0.1) is 6.10 Å². The van der Waals surface area contributed by atoms with Crippen LogP contribution in [0.15, 0.2) is 18.2 Å². The molecule has 1 aliphatic heterocycles. The molecule has 3 nitrogen and oxygen atoms in total. The summed E-state index contributed by atoms with van der Waals surface area (Å²) in [5, 5.41) is 0. The molecule has 3 heteroatoms. The van der Waals surface area contributed by atoms with Gasteiger partial charge in [-0.25, -0.2) is 0 Å². The Morgan fingerprint density at radius 3 is 3.10 bits per heavy atom. The quantitative estimate of drug-likeness (QED) is 0.857. The summed E-state index contributed by atoms with van der Waals surface area (Å²) in [7, 11) is 0. The van der Waals surface area contributed by atoms with Crippen molar-refractivity contribution in [3.63, 3.8) is 0 Å². The number of rotatable bonds is 4. The molecule has 1 saturated heterocycles. The highest BCUT2D eigenvalue weighted by Gasteiger charge is 2.31. The van der Waals surface area contributed by atoms with Crippen LogP contribution in [0, 0.1) is 0 Å². The van der Waals surface area contributed by atoms with E-state index in [4.69, 9.17) is 10.5 Å². The van der Waals surface area contributed by atoms with Crippen LogP contribution in [0.4, 0.5) is 5.69 Å². The van der Waals surface area contributed by atoms with Crippen LogP contribution in [0.1, 0.15) is 49.8 Å². The number of fused-ring (bicyclic) bond motifs is 1. The highest BCUT2D eigenvalue weighted by molar-refractivity contribution is 5.47. The Hall–Kier alpha value is -1.06. The molecule has 1 aromatic rings. The molecular formula is C17H26N2O. The summed E-state index contributed by atoms with van der Waals surface area (Å²) in [4.78, 5) is 2.63. The topological polar surface area (TPSA) is 38.5 Å². The second-order valence-electron chi connectivity index (χ2n) is 6.14. The van der Waals surface area contributed by atoms with Crippen LogP contribution in [0.2, 0.25) is 0 Å². The molecule has 0 spiro atoms. The van der Waals surface area contributed by atoms with Crippen LogP contribution in [0.5, 0.6) is 0 Å². The molecule has 1 fully saturated rings. The van der Waals surface area contributed by atoms with Crippen LogP contribution in [-0.4, -0.2) is 30.7 Å².